The van der Waals surface area contributed by atoms with Crippen molar-refractivity contribution in [1.82, 2.24) is 14.5 Å². The molecule has 5 aromatic rings. The lowest BCUT2D eigenvalue weighted by molar-refractivity contribution is 0.456. The lowest BCUT2D eigenvalue weighted by atomic mass is 10.2. The Hall–Kier alpha value is -3.12. The number of aryl methyl sites for hydroxylation is 1. The van der Waals surface area contributed by atoms with Gasteiger partial charge in [-0.05, 0) is 43.3 Å². The zero-order valence-electron chi connectivity index (χ0n) is 13.9. The molecule has 0 spiro atoms. The maximum absolute atomic E-state index is 5.75. The van der Waals surface area contributed by atoms with Crippen molar-refractivity contribution in [2.24, 2.45) is 0 Å². The molecule has 0 unspecified atom stereocenters. The average Bonchev–Trinajstić information content (AvgIpc) is 3.37. The summed E-state index contributed by atoms with van der Waals surface area (Å²) in [6, 6.07) is 16.3. The molecule has 0 fully saturated rings. The molecule has 6 rings (SSSR count). The van der Waals surface area contributed by atoms with E-state index in [9.17, 15) is 0 Å². The smallest absolute Gasteiger partial charge is 0.165 e. The number of pyridine rings is 1. The van der Waals surface area contributed by atoms with Crippen LogP contribution in [0.15, 0.2) is 59.2 Å². The Morgan fingerprint density at radius 3 is 2.88 bits per heavy atom. The van der Waals surface area contributed by atoms with Crippen molar-refractivity contribution in [3.05, 3.63) is 66.2 Å². The van der Waals surface area contributed by atoms with Gasteiger partial charge in [0.25, 0.3) is 0 Å². The van der Waals surface area contributed by atoms with Gasteiger partial charge in [0.15, 0.2) is 12.0 Å². The molecule has 0 aliphatic carbocycles. The highest BCUT2D eigenvalue weighted by molar-refractivity contribution is 7.22. The van der Waals surface area contributed by atoms with E-state index in [1.165, 1.54) is 0 Å². The van der Waals surface area contributed by atoms with Gasteiger partial charge in [0.05, 0.1) is 27.9 Å². The third-order valence-electron chi connectivity index (χ3n) is 4.85. The van der Waals surface area contributed by atoms with Gasteiger partial charge in [-0.25, -0.2) is 9.97 Å². The lowest BCUT2D eigenvalue weighted by Crippen LogP contribution is -2.23. The summed E-state index contributed by atoms with van der Waals surface area (Å²) in [5, 5.41) is 4.81. The Morgan fingerprint density at radius 2 is 2.00 bits per heavy atom. The number of thiophene rings is 1. The number of rotatable bonds is 1. The van der Waals surface area contributed by atoms with Crippen LogP contribution in [0.25, 0.3) is 32.0 Å². The topological polar surface area (TPSA) is 55.9 Å². The minimum Gasteiger partial charge on any atom is -0.465 e. The SMILES string of the molecule is Cc1ccc2c3c(sc2n1)-c1nc2ccccc2n1[C@@H](c1ccco1)N3. The second-order valence-corrected chi connectivity index (χ2v) is 7.47. The van der Waals surface area contributed by atoms with Crippen molar-refractivity contribution in [3.8, 4) is 10.7 Å². The molecule has 0 saturated heterocycles. The van der Waals surface area contributed by atoms with Gasteiger partial charge in [0.2, 0.25) is 0 Å². The molecular weight excluding hydrogens is 344 g/mol. The van der Waals surface area contributed by atoms with E-state index in [1.54, 1.807) is 17.6 Å². The van der Waals surface area contributed by atoms with Gasteiger partial charge in [-0.15, -0.1) is 11.3 Å². The van der Waals surface area contributed by atoms with Crippen molar-refractivity contribution < 1.29 is 4.42 Å². The third-order valence-corrected chi connectivity index (χ3v) is 5.94. The average molecular weight is 358 g/mol. The molecule has 0 bridgehead atoms. The molecule has 1 aliphatic heterocycles. The summed E-state index contributed by atoms with van der Waals surface area (Å²) in [6.07, 6.45) is 1.57. The zero-order chi connectivity index (χ0) is 17.3. The number of fused-ring (bicyclic) bond motifs is 7. The number of benzene rings is 1. The third kappa shape index (κ3) is 1.79. The minimum absolute atomic E-state index is 0.140. The van der Waals surface area contributed by atoms with Gasteiger partial charge in [-0.1, -0.05) is 12.1 Å². The first-order valence-electron chi connectivity index (χ1n) is 8.47. The quantitative estimate of drug-likeness (QED) is 0.448. The number of hydrogen-bond donors (Lipinski definition) is 1. The summed E-state index contributed by atoms with van der Waals surface area (Å²) in [5.74, 6) is 1.82. The zero-order valence-corrected chi connectivity index (χ0v) is 14.7. The van der Waals surface area contributed by atoms with Gasteiger partial charge in [-0.3, -0.25) is 4.57 Å². The predicted octanol–water partition coefficient (Wildman–Crippen LogP) is 5.19. The molecule has 5 nitrogen and oxygen atoms in total. The Labute approximate surface area is 152 Å². The van der Waals surface area contributed by atoms with Crippen LogP contribution in [0.3, 0.4) is 0 Å². The van der Waals surface area contributed by atoms with Gasteiger partial charge in [-0.2, -0.15) is 0 Å². The Bertz CT molecular complexity index is 1280. The molecular formula is C20H14N4OS. The fourth-order valence-corrected chi connectivity index (χ4v) is 4.85. The Balaban J connectivity index is 1.72. The molecule has 4 aromatic heterocycles. The van der Waals surface area contributed by atoms with Crippen molar-refractivity contribution in [2.75, 3.05) is 5.32 Å². The fourth-order valence-electron chi connectivity index (χ4n) is 3.68. The van der Waals surface area contributed by atoms with Crippen LogP contribution in [0, 0.1) is 6.92 Å². The molecule has 5 heterocycles. The van der Waals surface area contributed by atoms with Crippen molar-refractivity contribution in [3.63, 3.8) is 0 Å². The Kier molecular flexibility index (Phi) is 2.69. The maximum Gasteiger partial charge on any atom is 0.165 e. The predicted molar refractivity (Wildman–Crippen MR) is 104 cm³/mol. The number of para-hydroxylation sites is 2. The number of anilines is 1. The summed E-state index contributed by atoms with van der Waals surface area (Å²) in [6.45, 7) is 2.02. The second-order valence-electron chi connectivity index (χ2n) is 6.47. The van der Waals surface area contributed by atoms with E-state index in [4.69, 9.17) is 14.4 Å². The summed E-state index contributed by atoms with van der Waals surface area (Å²) >= 11 is 1.68. The molecule has 1 N–H and O–H groups in total. The minimum atomic E-state index is -0.140. The normalized spacial score (nSPS) is 15.8. The van der Waals surface area contributed by atoms with E-state index in [1.807, 2.05) is 31.2 Å². The largest absolute Gasteiger partial charge is 0.465 e. The highest BCUT2D eigenvalue weighted by atomic mass is 32.1. The molecule has 1 atom stereocenters. The first-order chi connectivity index (χ1) is 12.8. The standard InChI is InChI=1S/C20H14N4OS/c1-11-8-9-12-16-17(26-20(12)21-11)19-22-13-5-2-3-6-14(13)24(19)18(23-16)15-7-4-10-25-15/h2-10,18,23H,1H3/t18-/m0/s1. The van der Waals surface area contributed by atoms with Crippen LogP contribution in [0.2, 0.25) is 0 Å². The van der Waals surface area contributed by atoms with Crippen LogP contribution in [0.4, 0.5) is 5.69 Å². The van der Waals surface area contributed by atoms with Crippen LogP contribution in [-0.4, -0.2) is 14.5 Å². The number of nitrogens with zero attached hydrogens (tertiary/aromatic N) is 3. The summed E-state index contributed by atoms with van der Waals surface area (Å²) < 4.78 is 7.97. The van der Waals surface area contributed by atoms with E-state index in [2.05, 4.69) is 34.1 Å². The number of hydrogen-bond acceptors (Lipinski definition) is 5. The van der Waals surface area contributed by atoms with Gasteiger partial charge >= 0.3 is 0 Å². The molecule has 1 aromatic carbocycles. The highest BCUT2D eigenvalue weighted by Crippen LogP contribution is 2.48. The Morgan fingerprint density at radius 1 is 1.08 bits per heavy atom. The van der Waals surface area contributed by atoms with E-state index in [-0.39, 0.29) is 6.17 Å². The molecule has 26 heavy (non-hydrogen) atoms. The van der Waals surface area contributed by atoms with Crippen LogP contribution >= 0.6 is 11.3 Å². The molecule has 0 radical (unpaired) electrons. The van der Waals surface area contributed by atoms with Crippen LogP contribution in [-0.2, 0) is 0 Å². The molecule has 6 heteroatoms. The maximum atomic E-state index is 5.75. The first-order valence-corrected chi connectivity index (χ1v) is 9.29. The molecule has 1 aliphatic rings. The monoisotopic (exact) mass is 358 g/mol. The number of nitrogens with one attached hydrogen (secondary N) is 1. The number of imidazole rings is 1. The van der Waals surface area contributed by atoms with E-state index in [0.29, 0.717) is 0 Å². The first kappa shape index (κ1) is 14.1. The summed E-state index contributed by atoms with van der Waals surface area (Å²) in [4.78, 5) is 11.8. The van der Waals surface area contributed by atoms with E-state index < -0.39 is 0 Å². The molecule has 126 valence electrons. The van der Waals surface area contributed by atoms with Crippen molar-refractivity contribution >= 4 is 38.3 Å². The number of aromatic nitrogens is 3. The van der Waals surface area contributed by atoms with E-state index in [0.717, 1.165) is 49.1 Å². The summed E-state index contributed by atoms with van der Waals surface area (Å²) in [7, 11) is 0. The van der Waals surface area contributed by atoms with E-state index >= 15 is 0 Å². The van der Waals surface area contributed by atoms with Gasteiger partial charge in [0.1, 0.15) is 10.6 Å². The number of furan rings is 1. The van der Waals surface area contributed by atoms with Crippen LogP contribution < -0.4 is 5.32 Å². The lowest BCUT2D eigenvalue weighted by Gasteiger charge is -2.26. The van der Waals surface area contributed by atoms with Crippen molar-refractivity contribution in [1.29, 1.82) is 0 Å². The highest BCUT2D eigenvalue weighted by Gasteiger charge is 2.32. The van der Waals surface area contributed by atoms with Gasteiger partial charge < -0.3 is 9.73 Å². The van der Waals surface area contributed by atoms with Crippen molar-refractivity contribution in [2.45, 2.75) is 13.1 Å². The molecule has 0 saturated carbocycles. The molecule has 0 amide bonds. The fraction of sp³-hybridized carbons (Fsp3) is 0.100. The van der Waals surface area contributed by atoms with Crippen LogP contribution in [0.1, 0.15) is 17.6 Å². The van der Waals surface area contributed by atoms with Gasteiger partial charge in [0, 0.05) is 11.1 Å². The second kappa shape index (κ2) is 4.95. The van der Waals surface area contributed by atoms with Crippen LogP contribution in [0.5, 0.6) is 0 Å². The summed E-state index contributed by atoms with van der Waals surface area (Å²) in [5.41, 5.74) is 4.17.